The van der Waals surface area contributed by atoms with Crippen molar-refractivity contribution in [2.45, 2.75) is 40.2 Å². The quantitative estimate of drug-likeness (QED) is 0.752. The summed E-state index contributed by atoms with van der Waals surface area (Å²) in [6, 6.07) is 0.384. The molecule has 0 radical (unpaired) electrons. The Labute approximate surface area is 121 Å². The van der Waals surface area contributed by atoms with E-state index in [9.17, 15) is 0 Å². The molecule has 1 heterocycles. The second-order valence-electron chi connectivity index (χ2n) is 5.13. The van der Waals surface area contributed by atoms with Crippen molar-refractivity contribution in [3.05, 3.63) is 16.5 Å². The van der Waals surface area contributed by atoms with Gasteiger partial charge in [0.2, 0.25) is 0 Å². The topological polar surface area (TPSA) is 32.3 Å². The number of hydrogen-bond donors (Lipinski definition) is 0. The molecule has 5 heteroatoms. The van der Waals surface area contributed by atoms with Crippen molar-refractivity contribution in [3.63, 3.8) is 0 Å². The van der Waals surface area contributed by atoms with E-state index in [0.29, 0.717) is 11.2 Å². The van der Waals surface area contributed by atoms with Crippen LogP contribution < -0.4 is 4.90 Å². The molecule has 0 saturated heterocycles. The normalized spacial score (nSPS) is 12.8. The molecule has 1 unspecified atom stereocenters. The zero-order valence-corrected chi connectivity index (χ0v) is 13.6. The highest BCUT2D eigenvalue weighted by atomic mass is 35.5. The second kappa shape index (κ2) is 7.06. The molecule has 0 aromatic carbocycles. The van der Waals surface area contributed by atoms with Crippen LogP contribution in [0.1, 0.15) is 32.2 Å². The van der Waals surface area contributed by atoms with Crippen LogP contribution in [0.2, 0.25) is 5.15 Å². The zero-order chi connectivity index (χ0) is 14.6. The van der Waals surface area contributed by atoms with Gasteiger partial charge in [0.15, 0.2) is 0 Å². The smallest absolute Gasteiger partial charge is 0.137 e. The third-order valence-electron chi connectivity index (χ3n) is 3.20. The molecule has 4 nitrogen and oxygen atoms in total. The highest BCUT2D eigenvalue weighted by molar-refractivity contribution is 6.30. The van der Waals surface area contributed by atoms with Crippen molar-refractivity contribution in [1.29, 1.82) is 0 Å². The van der Waals surface area contributed by atoms with Gasteiger partial charge in [-0.2, -0.15) is 0 Å². The van der Waals surface area contributed by atoms with E-state index in [4.69, 9.17) is 11.6 Å². The van der Waals surface area contributed by atoms with Crippen molar-refractivity contribution in [2.24, 2.45) is 0 Å². The SMILES string of the molecule is CCc1nc(Cl)c(C)c(N(CC)C(C)CN(C)C)n1. The van der Waals surface area contributed by atoms with Crippen LogP contribution in [0, 0.1) is 6.92 Å². The molecular formula is C14H25ClN4. The molecule has 19 heavy (non-hydrogen) atoms. The van der Waals surface area contributed by atoms with E-state index in [1.807, 2.05) is 13.8 Å². The van der Waals surface area contributed by atoms with Gasteiger partial charge in [-0.15, -0.1) is 0 Å². The Balaban J connectivity index is 3.13. The summed E-state index contributed by atoms with van der Waals surface area (Å²) in [6.07, 6.45) is 0.798. The number of aryl methyl sites for hydroxylation is 1. The lowest BCUT2D eigenvalue weighted by atomic mass is 10.2. The van der Waals surface area contributed by atoms with Crippen LogP contribution in [0.25, 0.3) is 0 Å². The molecule has 0 fully saturated rings. The lowest BCUT2D eigenvalue weighted by molar-refractivity contribution is 0.372. The van der Waals surface area contributed by atoms with Crippen LogP contribution in [0.5, 0.6) is 0 Å². The highest BCUT2D eigenvalue weighted by Gasteiger charge is 2.19. The van der Waals surface area contributed by atoms with Crippen LogP contribution in [0.4, 0.5) is 5.82 Å². The van der Waals surface area contributed by atoms with Crippen LogP contribution in [0.15, 0.2) is 0 Å². The maximum Gasteiger partial charge on any atom is 0.137 e. The van der Waals surface area contributed by atoms with Crippen LogP contribution in [0.3, 0.4) is 0 Å². The average molecular weight is 285 g/mol. The Morgan fingerprint density at radius 1 is 1.21 bits per heavy atom. The predicted molar refractivity (Wildman–Crippen MR) is 82.2 cm³/mol. The van der Waals surface area contributed by atoms with Crippen LogP contribution in [-0.2, 0) is 6.42 Å². The molecule has 1 aromatic rings. The number of likely N-dealkylation sites (N-methyl/N-ethyl adjacent to an activating group) is 2. The van der Waals surface area contributed by atoms with E-state index >= 15 is 0 Å². The number of aromatic nitrogens is 2. The maximum atomic E-state index is 6.22. The van der Waals surface area contributed by atoms with Crippen molar-refractivity contribution in [1.82, 2.24) is 14.9 Å². The Kier molecular flexibility index (Phi) is 6.01. The first-order chi connectivity index (χ1) is 8.90. The van der Waals surface area contributed by atoms with Crippen LogP contribution in [-0.4, -0.2) is 48.1 Å². The molecule has 0 saturated carbocycles. The summed E-state index contributed by atoms with van der Waals surface area (Å²) >= 11 is 6.22. The second-order valence-corrected chi connectivity index (χ2v) is 5.49. The van der Waals surface area contributed by atoms with Crippen molar-refractivity contribution < 1.29 is 0 Å². The largest absolute Gasteiger partial charge is 0.353 e. The molecule has 1 aromatic heterocycles. The van der Waals surface area contributed by atoms with E-state index in [-0.39, 0.29) is 0 Å². The fraction of sp³-hybridized carbons (Fsp3) is 0.714. The van der Waals surface area contributed by atoms with E-state index in [1.54, 1.807) is 0 Å². The molecule has 1 rings (SSSR count). The standard InChI is InChI=1S/C14H25ClN4/c1-7-12-16-13(15)11(4)14(17-12)19(8-2)10(3)9-18(5)6/h10H,7-9H2,1-6H3. The minimum atomic E-state index is 0.384. The van der Waals surface area contributed by atoms with Gasteiger partial charge >= 0.3 is 0 Å². The van der Waals surface area contributed by atoms with Gasteiger partial charge in [-0.05, 0) is 34.9 Å². The molecule has 108 valence electrons. The predicted octanol–water partition coefficient (Wildman–Crippen LogP) is 2.78. The van der Waals surface area contributed by atoms with E-state index < -0.39 is 0 Å². The summed E-state index contributed by atoms with van der Waals surface area (Å²) in [5, 5.41) is 0.567. The van der Waals surface area contributed by atoms with Crippen molar-refractivity contribution in [2.75, 3.05) is 32.1 Å². The fourth-order valence-electron chi connectivity index (χ4n) is 2.26. The molecule has 0 bridgehead atoms. The van der Waals surface area contributed by atoms with Gasteiger partial charge < -0.3 is 9.80 Å². The summed E-state index contributed by atoms with van der Waals surface area (Å²) in [6.45, 7) is 10.3. The van der Waals surface area contributed by atoms with Crippen LogP contribution >= 0.6 is 11.6 Å². The number of anilines is 1. The summed E-state index contributed by atoms with van der Waals surface area (Å²) in [7, 11) is 4.17. The van der Waals surface area contributed by atoms with E-state index in [0.717, 1.165) is 36.7 Å². The Hall–Kier alpha value is -0.870. The number of rotatable bonds is 6. The van der Waals surface area contributed by atoms with Crippen molar-refractivity contribution in [3.8, 4) is 0 Å². The first-order valence-electron chi connectivity index (χ1n) is 6.85. The van der Waals surface area contributed by atoms with E-state index in [1.165, 1.54) is 0 Å². The average Bonchev–Trinajstić information content (AvgIpc) is 2.34. The van der Waals surface area contributed by atoms with E-state index in [2.05, 4.69) is 47.7 Å². The molecule has 0 aliphatic heterocycles. The minimum absolute atomic E-state index is 0.384. The molecule has 1 atom stereocenters. The zero-order valence-electron chi connectivity index (χ0n) is 12.9. The first-order valence-corrected chi connectivity index (χ1v) is 7.22. The molecule has 0 aliphatic carbocycles. The molecule has 0 amide bonds. The Bertz CT molecular complexity index is 420. The Morgan fingerprint density at radius 3 is 2.32 bits per heavy atom. The number of halogens is 1. The first kappa shape index (κ1) is 16.2. The lowest BCUT2D eigenvalue weighted by Gasteiger charge is -2.32. The summed E-state index contributed by atoms with van der Waals surface area (Å²) < 4.78 is 0. The monoisotopic (exact) mass is 284 g/mol. The van der Waals surface area contributed by atoms with Gasteiger partial charge in [0.1, 0.15) is 16.8 Å². The Morgan fingerprint density at radius 2 is 1.84 bits per heavy atom. The van der Waals surface area contributed by atoms with Crippen molar-refractivity contribution >= 4 is 17.4 Å². The molecule has 0 aliphatic rings. The molecular weight excluding hydrogens is 260 g/mol. The fourth-order valence-corrected chi connectivity index (χ4v) is 2.44. The van der Waals surface area contributed by atoms with Gasteiger partial charge in [0.05, 0.1) is 0 Å². The summed E-state index contributed by atoms with van der Waals surface area (Å²) in [4.78, 5) is 13.4. The maximum absolute atomic E-state index is 6.22. The number of hydrogen-bond acceptors (Lipinski definition) is 4. The van der Waals surface area contributed by atoms with Gasteiger partial charge in [0, 0.05) is 31.1 Å². The highest BCUT2D eigenvalue weighted by Crippen LogP contribution is 2.25. The van der Waals surface area contributed by atoms with Gasteiger partial charge in [-0.1, -0.05) is 18.5 Å². The summed E-state index contributed by atoms with van der Waals surface area (Å²) in [5.41, 5.74) is 0.964. The van der Waals surface area contributed by atoms with Gasteiger partial charge in [-0.3, -0.25) is 0 Å². The third kappa shape index (κ3) is 4.05. The minimum Gasteiger partial charge on any atom is -0.353 e. The molecule has 0 N–H and O–H groups in total. The van der Waals surface area contributed by atoms with Gasteiger partial charge in [-0.25, -0.2) is 9.97 Å². The number of nitrogens with zero attached hydrogens (tertiary/aromatic N) is 4. The molecule has 0 spiro atoms. The van der Waals surface area contributed by atoms with Gasteiger partial charge in [0.25, 0.3) is 0 Å². The summed E-state index contributed by atoms with van der Waals surface area (Å²) in [5.74, 6) is 1.77. The third-order valence-corrected chi connectivity index (χ3v) is 3.57. The lowest BCUT2D eigenvalue weighted by Crippen LogP contribution is -2.41.